The Bertz CT molecular complexity index is 278. The van der Waals surface area contributed by atoms with Gasteiger partial charge in [0.2, 0.25) is 6.08 Å². The monoisotopic (exact) mass is 213 g/mol. The number of hydrogen-bond acceptors (Lipinski definition) is 5. The van der Waals surface area contributed by atoms with Crippen LogP contribution in [0, 0.1) is 0 Å². The fraction of sp³-hybridized carbons (Fsp3) is 0.222. The Balaban J connectivity index is 0. The molecule has 6 nitrogen and oxygen atoms in total. The number of isocyanates is 1. The van der Waals surface area contributed by atoms with Gasteiger partial charge in [0, 0.05) is 12.2 Å². The number of aliphatic imine (C=N–C) groups is 1. The van der Waals surface area contributed by atoms with E-state index < -0.39 is 11.9 Å². The predicted molar refractivity (Wildman–Crippen MR) is 52.0 cm³/mol. The third-order valence-electron chi connectivity index (χ3n) is 0.853. The van der Waals surface area contributed by atoms with Gasteiger partial charge >= 0.3 is 11.9 Å². The number of carboxylic acids is 1. The summed E-state index contributed by atoms with van der Waals surface area (Å²) in [4.78, 5) is 32.2. The first kappa shape index (κ1) is 15.3. The van der Waals surface area contributed by atoms with Gasteiger partial charge in [0.05, 0.1) is 6.54 Å². The molecule has 6 heteroatoms. The van der Waals surface area contributed by atoms with Crippen molar-refractivity contribution >= 4 is 18.0 Å². The van der Waals surface area contributed by atoms with Crippen molar-refractivity contribution in [1.82, 2.24) is 0 Å². The van der Waals surface area contributed by atoms with Gasteiger partial charge in [-0.05, 0) is 0 Å². The SMILES string of the molecule is C=CC(=O)O.C=CC(=O)OCCN=C=O. The molecule has 0 unspecified atom stereocenters. The van der Waals surface area contributed by atoms with Gasteiger partial charge in [0.1, 0.15) is 6.61 Å². The summed E-state index contributed by atoms with van der Waals surface area (Å²) < 4.78 is 4.46. The van der Waals surface area contributed by atoms with Gasteiger partial charge in [-0.3, -0.25) is 0 Å². The number of carbonyl (C=O) groups is 2. The van der Waals surface area contributed by atoms with Crippen molar-refractivity contribution in [2.45, 2.75) is 0 Å². The van der Waals surface area contributed by atoms with Crippen molar-refractivity contribution in [2.24, 2.45) is 4.99 Å². The van der Waals surface area contributed by atoms with E-state index in [4.69, 9.17) is 5.11 Å². The molecule has 0 bridgehead atoms. The van der Waals surface area contributed by atoms with Gasteiger partial charge in [-0.2, -0.15) is 0 Å². The molecule has 0 aromatic heterocycles. The molecule has 0 atom stereocenters. The quantitative estimate of drug-likeness (QED) is 0.233. The van der Waals surface area contributed by atoms with Crippen molar-refractivity contribution in [3.05, 3.63) is 25.3 Å². The maximum Gasteiger partial charge on any atom is 0.330 e. The van der Waals surface area contributed by atoms with Crippen LogP contribution in [0.2, 0.25) is 0 Å². The molecule has 0 radical (unpaired) electrons. The summed E-state index contributed by atoms with van der Waals surface area (Å²) in [7, 11) is 0. The zero-order chi connectivity index (χ0) is 12.1. The number of nitrogens with zero attached hydrogens (tertiary/aromatic N) is 1. The topological polar surface area (TPSA) is 93.0 Å². The minimum absolute atomic E-state index is 0.0973. The number of ether oxygens (including phenoxy) is 1. The van der Waals surface area contributed by atoms with E-state index in [1.165, 1.54) is 6.08 Å². The Hall–Kier alpha value is -2.20. The minimum Gasteiger partial charge on any atom is -0.478 e. The van der Waals surface area contributed by atoms with Gasteiger partial charge in [-0.1, -0.05) is 13.2 Å². The van der Waals surface area contributed by atoms with Crippen molar-refractivity contribution in [3.63, 3.8) is 0 Å². The number of aliphatic carboxylic acids is 1. The lowest BCUT2D eigenvalue weighted by molar-refractivity contribution is -0.137. The van der Waals surface area contributed by atoms with E-state index in [2.05, 4.69) is 22.9 Å². The van der Waals surface area contributed by atoms with E-state index in [0.29, 0.717) is 0 Å². The molecule has 0 amide bonds. The maximum atomic E-state index is 10.3. The van der Waals surface area contributed by atoms with Crippen LogP contribution in [0.5, 0.6) is 0 Å². The summed E-state index contributed by atoms with van der Waals surface area (Å²) in [5.41, 5.74) is 0. The fourth-order valence-corrected chi connectivity index (χ4v) is 0.296. The van der Waals surface area contributed by atoms with Crippen LogP contribution < -0.4 is 0 Å². The van der Waals surface area contributed by atoms with Crippen molar-refractivity contribution in [2.75, 3.05) is 13.2 Å². The Morgan fingerprint density at radius 1 is 1.40 bits per heavy atom. The number of carbonyl (C=O) groups excluding carboxylic acids is 2. The Kier molecular flexibility index (Phi) is 12.0. The summed E-state index contributed by atoms with van der Waals surface area (Å²) >= 11 is 0. The second kappa shape index (κ2) is 11.8. The third kappa shape index (κ3) is 18.6. The lowest BCUT2D eigenvalue weighted by Crippen LogP contribution is -2.03. The lowest BCUT2D eigenvalue weighted by Gasteiger charge is -1.94. The molecule has 0 aliphatic rings. The second-order valence-electron chi connectivity index (χ2n) is 1.89. The molecule has 15 heavy (non-hydrogen) atoms. The summed E-state index contributed by atoms with van der Waals surface area (Å²) in [5, 5.41) is 7.60. The number of hydrogen-bond donors (Lipinski definition) is 1. The van der Waals surface area contributed by atoms with Gasteiger partial charge in [-0.15, -0.1) is 0 Å². The Morgan fingerprint density at radius 2 is 1.93 bits per heavy atom. The zero-order valence-electron chi connectivity index (χ0n) is 8.01. The normalized spacial score (nSPS) is 7.20. The maximum absolute atomic E-state index is 10.3. The second-order valence-corrected chi connectivity index (χ2v) is 1.89. The van der Waals surface area contributed by atoms with Crippen molar-refractivity contribution < 1.29 is 24.2 Å². The van der Waals surface area contributed by atoms with Gasteiger partial charge in [-0.25, -0.2) is 19.4 Å². The van der Waals surface area contributed by atoms with Crippen LogP contribution in [-0.2, 0) is 19.1 Å². The van der Waals surface area contributed by atoms with Gasteiger partial charge in [0.15, 0.2) is 0 Å². The van der Waals surface area contributed by atoms with E-state index in [9.17, 15) is 14.4 Å². The molecule has 0 aromatic rings. The van der Waals surface area contributed by atoms with E-state index in [1.54, 1.807) is 0 Å². The van der Waals surface area contributed by atoms with Crippen LogP contribution in [0.1, 0.15) is 0 Å². The van der Waals surface area contributed by atoms with E-state index in [-0.39, 0.29) is 13.2 Å². The summed E-state index contributed by atoms with van der Waals surface area (Å²) in [5.74, 6) is -1.49. The van der Waals surface area contributed by atoms with Gasteiger partial charge < -0.3 is 9.84 Å². The highest BCUT2D eigenvalue weighted by atomic mass is 16.5. The molecular formula is C9H11NO5. The summed E-state index contributed by atoms with van der Waals surface area (Å²) in [6.07, 6.45) is 3.20. The number of esters is 1. The Labute approximate surface area is 86.6 Å². The van der Waals surface area contributed by atoms with Gasteiger partial charge in [0.25, 0.3) is 0 Å². The minimum atomic E-state index is -0.981. The molecule has 0 aromatic carbocycles. The molecule has 0 aliphatic heterocycles. The molecule has 0 heterocycles. The standard InChI is InChI=1S/C6H7NO3.C3H4O2/c1-2-6(9)10-4-3-7-5-8;1-2-3(4)5/h2H,1,3-4H2;2H,1H2,(H,4,5). The van der Waals surface area contributed by atoms with Crippen LogP contribution in [0.4, 0.5) is 0 Å². The highest BCUT2D eigenvalue weighted by Crippen LogP contribution is 1.78. The average Bonchev–Trinajstić information content (AvgIpc) is 2.24. The first-order valence-corrected chi connectivity index (χ1v) is 3.76. The van der Waals surface area contributed by atoms with E-state index in [0.717, 1.165) is 12.2 Å². The summed E-state index contributed by atoms with van der Waals surface area (Å²) in [6, 6.07) is 0. The molecule has 0 fully saturated rings. The summed E-state index contributed by atoms with van der Waals surface area (Å²) in [6.45, 7) is 6.39. The van der Waals surface area contributed by atoms with Crippen molar-refractivity contribution in [1.29, 1.82) is 0 Å². The van der Waals surface area contributed by atoms with Crippen molar-refractivity contribution in [3.8, 4) is 0 Å². The smallest absolute Gasteiger partial charge is 0.330 e. The third-order valence-corrected chi connectivity index (χ3v) is 0.853. The van der Waals surface area contributed by atoms with E-state index >= 15 is 0 Å². The molecule has 0 saturated carbocycles. The first-order chi connectivity index (χ1) is 7.08. The van der Waals surface area contributed by atoms with Crippen LogP contribution in [0.15, 0.2) is 30.3 Å². The lowest BCUT2D eigenvalue weighted by atomic mass is 10.6. The Morgan fingerprint density at radius 3 is 2.27 bits per heavy atom. The van der Waals surface area contributed by atoms with E-state index in [1.807, 2.05) is 0 Å². The molecule has 1 N–H and O–H groups in total. The van der Waals surface area contributed by atoms with Crippen LogP contribution in [0.25, 0.3) is 0 Å². The molecule has 0 rings (SSSR count). The molecule has 0 aliphatic carbocycles. The predicted octanol–water partition coefficient (Wildman–Crippen LogP) is 0.308. The first-order valence-electron chi connectivity index (χ1n) is 3.76. The molecular weight excluding hydrogens is 202 g/mol. The zero-order valence-corrected chi connectivity index (χ0v) is 8.01. The molecule has 0 saturated heterocycles. The fourth-order valence-electron chi connectivity index (χ4n) is 0.296. The van der Waals surface area contributed by atoms with Crippen LogP contribution in [-0.4, -0.2) is 36.3 Å². The highest BCUT2D eigenvalue weighted by Gasteiger charge is 1.91. The van der Waals surface area contributed by atoms with Crippen LogP contribution in [0.3, 0.4) is 0 Å². The number of rotatable bonds is 5. The number of carboxylic acid groups (broad SMARTS) is 1. The molecule has 82 valence electrons. The largest absolute Gasteiger partial charge is 0.478 e. The molecule has 0 spiro atoms. The average molecular weight is 213 g/mol. The van der Waals surface area contributed by atoms with Crippen LogP contribution >= 0.6 is 0 Å². The highest BCUT2D eigenvalue weighted by molar-refractivity contribution is 5.81.